The van der Waals surface area contributed by atoms with E-state index in [1.165, 1.54) is 0 Å². The summed E-state index contributed by atoms with van der Waals surface area (Å²) in [7, 11) is 0. The van der Waals surface area contributed by atoms with E-state index < -0.39 is 11.9 Å². The first kappa shape index (κ1) is 20.2. The Hall–Kier alpha value is -2.15. The van der Waals surface area contributed by atoms with Crippen LogP contribution >= 0.6 is 12.6 Å². The average molecular weight is 380 g/mol. The normalized spacial score (nSPS) is 13.5. The molecule has 0 aromatic heterocycles. The lowest BCUT2D eigenvalue weighted by atomic mass is 9.94. The summed E-state index contributed by atoms with van der Waals surface area (Å²) in [6, 6.07) is 0. The first-order chi connectivity index (χ1) is 12.4. The highest BCUT2D eigenvalue weighted by Crippen LogP contribution is 2.42. The number of carbonyl (C=O) groups is 2. The van der Waals surface area contributed by atoms with Crippen LogP contribution in [0, 0.1) is 6.92 Å². The van der Waals surface area contributed by atoms with Gasteiger partial charge in [0.25, 0.3) is 0 Å². The fourth-order valence-corrected chi connectivity index (χ4v) is 3.00. The van der Waals surface area contributed by atoms with Gasteiger partial charge in [0.2, 0.25) is 0 Å². The number of benzene rings is 1. The number of carboxylic acids is 1. The van der Waals surface area contributed by atoms with Crippen molar-refractivity contribution in [1.82, 2.24) is 0 Å². The van der Waals surface area contributed by atoms with Crippen LogP contribution < -0.4 is 4.74 Å². The number of carboxylic acid groups (broad SMARTS) is 1. The van der Waals surface area contributed by atoms with Crippen LogP contribution in [0.5, 0.6) is 11.5 Å². The second-order valence-electron chi connectivity index (χ2n) is 6.28. The number of hydrogen-bond donors (Lipinski definition) is 3. The Bertz CT molecular complexity index is 738. The number of esters is 1. The van der Waals surface area contributed by atoms with E-state index >= 15 is 0 Å². The van der Waals surface area contributed by atoms with Crippen molar-refractivity contribution in [3.63, 3.8) is 0 Å². The summed E-state index contributed by atoms with van der Waals surface area (Å²) < 4.78 is 10.9. The summed E-state index contributed by atoms with van der Waals surface area (Å²) in [5.74, 6) is -0.260. The first-order valence-electron chi connectivity index (χ1n) is 8.52. The molecule has 1 aromatic rings. The summed E-state index contributed by atoms with van der Waals surface area (Å²) >= 11 is 4.17. The summed E-state index contributed by atoms with van der Waals surface area (Å²) in [5.41, 5.74) is 3.07. The molecule has 0 fully saturated rings. The molecule has 142 valence electrons. The lowest BCUT2D eigenvalue weighted by Crippen LogP contribution is -2.07. The highest BCUT2D eigenvalue weighted by molar-refractivity contribution is 7.80. The fourth-order valence-electron chi connectivity index (χ4n) is 2.87. The van der Waals surface area contributed by atoms with Crippen LogP contribution in [0.4, 0.5) is 0 Å². The fraction of sp³-hybridized carbons (Fsp3) is 0.474. The zero-order valence-electron chi connectivity index (χ0n) is 15.0. The van der Waals surface area contributed by atoms with Gasteiger partial charge in [-0.3, -0.25) is 4.79 Å². The second kappa shape index (κ2) is 8.98. The number of aliphatic carboxylic acids is 1. The maximum atomic E-state index is 12.0. The van der Waals surface area contributed by atoms with E-state index in [4.69, 9.17) is 14.6 Å². The molecular weight excluding hydrogens is 356 g/mol. The van der Waals surface area contributed by atoms with Gasteiger partial charge in [0.15, 0.2) is 0 Å². The third-order valence-corrected chi connectivity index (χ3v) is 4.70. The van der Waals surface area contributed by atoms with Gasteiger partial charge < -0.3 is 19.7 Å². The van der Waals surface area contributed by atoms with Crippen LogP contribution in [0.2, 0.25) is 0 Å². The SMILES string of the molecule is CC(=CCc1c(O)c2c(c(C)c1OCCCS)COC2=O)CCC(=O)O. The van der Waals surface area contributed by atoms with Gasteiger partial charge in [-0.25, -0.2) is 4.79 Å². The number of ether oxygens (including phenoxy) is 2. The number of phenols is 1. The van der Waals surface area contributed by atoms with Gasteiger partial charge in [0.1, 0.15) is 23.7 Å². The van der Waals surface area contributed by atoms with Crippen LogP contribution in [0.1, 0.15) is 53.2 Å². The van der Waals surface area contributed by atoms with Gasteiger partial charge in [0.05, 0.1) is 6.61 Å². The molecule has 2 rings (SSSR count). The van der Waals surface area contributed by atoms with Crippen molar-refractivity contribution in [2.45, 2.75) is 46.1 Å². The maximum Gasteiger partial charge on any atom is 0.342 e. The molecule has 7 heteroatoms. The van der Waals surface area contributed by atoms with E-state index in [9.17, 15) is 14.7 Å². The molecule has 0 saturated carbocycles. The number of fused-ring (bicyclic) bond motifs is 1. The molecule has 26 heavy (non-hydrogen) atoms. The molecule has 6 nitrogen and oxygen atoms in total. The largest absolute Gasteiger partial charge is 0.507 e. The van der Waals surface area contributed by atoms with Crippen molar-refractivity contribution in [3.8, 4) is 11.5 Å². The van der Waals surface area contributed by atoms with Gasteiger partial charge in [-0.2, -0.15) is 12.6 Å². The van der Waals surface area contributed by atoms with Gasteiger partial charge in [0, 0.05) is 17.5 Å². The summed E-state index contributed by atoms with van der Waals surface area (Å²) in [5, 5.41) is 19.4. The number of rotatable bonds is 9. The number of carbonyl (C=O) groups excluding carboxylic acids is 1. The Balaban J connectivity index is 2.37. The number of allylic oxidation sites excluding steroid dienone is 2. The predicted molar refractivity (Wildman–Crippen MR) is 100 cm³/mol. The van der Waals surface area contributed by atoms with Crippen molar-refractivity contribution in [3.05, 3.63) is 33.9 Å². The molecule has 1 aliphatic rings. The molecule has 0 spiro atoms. The zero-order chi connectivity index (χ0) is 19.3. The monoisotopic (exact) mass is 380 g/mol. The molecule has 1 aliphatic heterocycles. The third kappa shape index (κ3) is 4.52. The van der Waals surface area contributed by atoms with Gasteiger partial charge in [-0.15, -0.1) is 0 Å². The Kier molecular flexibility index (Phi) is 6.97. The molecule has 0 aliphatic carbocycles. The van der Waals surface area contributed by atoms with Gasteiger partial charge in [-0.1, -0.05) is 11.6 Å². The van der Waals surface area contributed by atoms with Crippen molar-refractivity contribution in [1.29, 1.82) is 0 Å². The highest BCUT2D eigenvalue weighted by atomic mass is 32.1. The Morgan fingerprint density at radius 1 is 1.38 bits per heavy atom. The quantitative estimate of drug-likeness (QED) is 0.263. The smallest absolute Gasteiger partial charge is 0.342 e. The van der Waals surface area contributed by atoms with Crippen molar-refractivity contribution in [2.75, 3.05) is 12.4 Å². The summed E-state index contributed by atoms with van der Waals surface area (Å²) in [6.45, 7) is 4.27. The van der Waals surface area contributed by atoms with E-state index in [0.717, 1.165) is 17.6 Å². The number of phenolic OH excluding ortho intramolecular Hbond substituents is 1. The minimum absolute atomic E-state index is 0.0508. The molecule has 0 atom stereocenters. The van der Waals surface area contributed by atoms with Crippen LogP contribution in [-0.4, -0.2) is 34.5 Å². The molecule has 0 bridgehead atoms. The molecule has 1 heterocycles. The number of cyclic esters (lactones) is 1. The van der Waals surface area contributed by atoms with E-state index in [2.05, 4.69) is 12.6 Å². The van der Waals surface area contributed by atoms with Crippen LogP contribution in [0.3, 0.4) is 0 Å². The molecule has 1 aromatic carbocycles. The summed E-state index contributed by atoms with van der Waals surface area (Å²) in [4.78, 5) is 22.7. The first-order valence-corrected chi connectivity index (χ1v) is 9.15. The van der Waals surface area contributed by atoms with Gasteiger partial charge in [-0.05, 0) is 44.4 Å². The van der Waals surface area contributed by atoms with Crippen LogP contribution in [0.15, 0.2) is 11.6 Å². The molecule has 0 saturated heterocycles. The topological polar surface area (TPSA) is 93.1 Å². The van der Waals surface area contributed by atoms with E-state index in [1.54, 1.807) is 0 Å². The molecule has 0 amide bonds. The third-order valence-electron chi connectivity index (χ3n) is 4.38. The van der Waals surface area contributed by atoms with Crippen LogP contribution in [0.25, 0.3) is 0 Å². The zero-order valence-corrected chi connectivity index (χ0v) is 15.9. The second-order valence-corrected chi connectivity index (χ2v) is 6.73. The number of hydrogen-bond acceptors (Lipinski definition) is 6. The van der Waals surface area contributed by atoms with Crippen LogP contribution in [-0.2, 0) is 22.6 Å². The number of aromatic hydroxyl groups is 1. The van der Waals surface area contributed by atoms with Gasteiger partial charge >= 0.3 is 11.9 Å². The Morgan fingerprint density at radius 2 is 2.12 bits per heavy atom. The minimum atomic E-state index is -0.854. The molecule has 0 unspecified atom stereocenters. The lowest BCUT2D eigenvalue weighted by molar-refractivity contribution is -0.136. The molecule has 2 N–H and O–H groups in total. The number of thiol groups is 1. The highest BCUT2D eigenvalue weighted by Gasteiger charge is 2.32. The lowest BCUT2D eigenvalue weighted by Gasteiger charge is -2.17. The van der Waals surface area contributed by atoms with E-state index in [0.29, 0.717) is 42.1 Å². The summed E-state index contributed by atoms with van der Waals surface area (Å²) in [6.07, 6.45) is 3.43. The molecule has 0 radical (unpaired) electrons. The Morgan fingerprint density at radius 3 is 2.77 bits per heavy atom. The standard InChI is InChI=1S/C19H24O6S/c1-11(5-7-15(20)21)4-6-13-17(22)16-14(10-25-19(16)23)12(2)18(13)24-8-3-9-26/h4,22,26H,3,5-10H2,1-2H3,(H,20,21). The Labute approximate surface area is 158 Å². The average Bonchev–Trinajstić information content (AvgIpc) is 2.99. The van der Waals surface area contributed by atoms with E-state index in [-0.39, 0.29) is 24.3 Å². The molecular formula is C19H24O6S. The van der Waals surface area contributed by atoms with Crippen molar-refractivity contribution in [2.24, 2.45) is 0 Å². The van der Waals surface area contributed by atoms with Crippen molar-refractivity contribution >= 4 is 24.6 Å². The maximum absolute atomic E-state index is 12.0. The van der Waals surface area contributed by atoms with Crippen molar-refractivity contribution < 1.29 is 29.3 Å². The predicted octanol–water partition coefficient (Wildman–Crippen LogP) is 3.42. The van der Waals surface area contributed by atoms with E-state index in [1.807, 2.05) is 19.9 Å². The minimum Gasteiger partial charge on any atom is -0.507 e.